The molecule has 2 rings (SSSR count). The zero-order valence-corrected chi connectivity index (χ0v) is 14.9. The molecule has 1 saturated carbocycles. The third-order valence-electron chi connectivity index (χ3n) is 4.33. The molecule has 21 heavy (non-hydrogen) atoms. The van der Waals surface area contributed by atoms with E-state index in [1.165, 1.54) is 25.7 Å². The van der Waals surface area contributed by atoms with Gasteiger partial charge in [0, 0.05) is 28.3 Å². The van der Waals surface area contributed by atoms with Crippen molar-refractivity contribution in [3.05, 3.63) is 28.2 Å². The first-order valence-corrected chi connectivity index (χ1v) is 9.34. The molecular formula is C16H24Cl2N2S. The molecule has 0 spiro atoms. The summed E-state index contributed by atoms with van der Waals surface area (Å²) in [5, 5.41) is 1.52. The summed E-state index contributed by atoms with van der Waals surface area (Å²) in [4.78, 5) is 3.54. The molecule has 1 aromatic carbocycles. The van der Waals surface area contributed by atoms with Crippen molar-refractivity contribution in [2.75, 3.05) is 25.9 Å². The third kappa shape index (κ3) is 5.04. The second-order valence-corrected chi connectivity index (χ2v) is 7.73. The van der Waals surface area contributed by atoms with Gasteiger partial charge in [0.05, 0.1) is 5.02 Å². The average molecular weight is 347 g/mol. The lowest BCUT2D eigenvalue weighted by Gasteiger charge is -2.37. The van der Waals surface area contributed by atoms with Crippen molar-refractivity contribution in [3.8, 4) is 0 Å². The van der Waals surface area contributed by atoms with E-state index in [-0.39, 0.29) is 0 Å². The lowest BCUT2D eigenvalue weighted by atomic mass is 9.84. The fourth-order valence-corrected chi connectivity index (χ4v) is 4.63. The van der Waals surface area contributed by atoms with Gasteiger partial charge in [0.15, 0.2) is 0 Å². The van der Waals surface area contributed by atoms with E-state index in [1.54, 1.807) is 11.8 Å². The van der Waals surface area contributed by atoms with Crippen LogP contribution in [0.25, 0.3) is 0 Å². The van der Waals surface area contributed by atoms with Gasteiger partial charge >= 0.3 is 0 Å². The Kier molecular flexibility index (Phi) is 7.17. The van der Waals surface area contributed by atoms with Gasteiger partial charge in [-0.15, -0.1) is 11.8 Å². The molecule has 2 atom stereocenters. The van der Waals surface area contributed by atoms with Gasteiger partial charge in [-0.05, 0) is 50.6 Å². The highest BCUT2D eigenvalue weighted by Crippen LogP contribution is 2.31. The zero-order valence-electron chi connectivity index (χ0n) is 12.5. The molecule has 1 aliphatic rings. The van der Waals surface area contributed by atoms with E-state index in [2.05, 4.69) is 11.9 Å². The van der Waals surface area contributed by atoms with Gasteiger partial charge in [-0.1, -0.05) is 36.0 Å². The van der Waals surface area contributed by atoms with Crippen LogP contribution >= 0.6 is 35.0 Å². The van der Waals surface area contributed by atoms with Crippen molar-refractivity contribution < 1.29 is 0 Å². The minimum absolute atomic E-state index is 0.638. The monoisotopic (exact) mass is 346 g/mol. The number of nitrogens with zero attached hydrogens (tertiary/aromatic N) is 1. The van der Waals surface area contributed by atoms with Crippen molar-refractivity contribution in [2.24, 2.45) is 11.7 Å². The fourth-order valence-electron chi connectivity index (χ4n) is 3.10. The quantitative estimate of drug-likeness (QED) is 0.767. The van der Waals surface area contributed by atoms with Crippen LogP contribution in [0.3, 0.4) is 0 Å². The molecule has 1 fully saturated rings. The van der Waals surface area contributed by atoms with E-state index < -0.39 is 0 Å². The Balaban J connectivity index is 1.83. The molecule has 0 heterocycles. The molecule has 5 heteroatoms. The molecule has 2 nitrogen and oxygen atoms in total. The topological polar surface area (TPSA) is 29.3 Å². The van der Waals surface area contributed by atoms with Gasteiger partial charge in [0.2, 0.25) is 0 Å². The first-order chi connectivity index (χ1) is 10.1. The number of nitrogens with two attached hydrogens (primary N) is 1. The van der Waals surface area contributed by atoms with E-state index >= 15 is 0 Å². The summed E-state index contributed by atoms with van der Waals surface area (Å²) in [6.07, 6.45) is 5.22. The Hall–Kier alpha value is 0.0700. The second kappa shape index (κ2) is 8.64. The van der Waals surface area contributed by atoms with Crippen LogP contribution in [0.15, 0.2) is 23.1 Å². The molecular weight excluding hydrogens is 323 g/mol. The molecule has 0 bridgehead atoms. The summed E-state index contributed by atoms with van der Waals surface area (Å²) in [6.45, 7) is 1.86. The highest BCUT2D eigenvalue weighted by atomic mass is 35.5. The summed E-state index contributed by atoms with van der Waals surface area (Å²) >= 11 is 14.0. The molecule has 0 saturated heterocycles. The van der Waals surface area contributed by atoms with Gasteiger partial charge < -0.3 is 10.6 Å². The van der Waals surface area contributed by atoms with Crippen LogP contribution in [0.1, 0.15) is 25.7 Å². The highest BCUT2D eigenvalue weighted by molar-refractivity contribution is 7.99. The first-order valence-electron chi connectivity index (χ1n) is 7.60. The Bertz CT molecular complexity index is 456. The lowest BCUT2D eigenvalue weighted by Crippen LogP contribution is -2.43. The van der Waals surface area contributed by atoms with Crippen molar-refractivity contribution >= 4 is 35.0 Å². The predicted octanol–water partition coefficient (Wildman–Crippen LogP) is 4.53. The van der Waals surface area contributed by atoms with Crippen molar-refractivity contribution in [3.63, 3.8) is 0 Å². The number of hydrogen-bond donors (Lipinski definition) is 1. The standard InChI is InChI=1S/C16H24Cl2N2S/c1-20(15-5-3-2-4-12(15)11-19)8-9-21-16-10-13(17)6-7-14(16)18/h6-7,10,12,15H,2-5,8-9,11,19H2,1H3. The summed E-state index contributed by atoms with van der Waals surface area (Å²) in [7, 11) is 2.22. The second-order valence-electron chi connectivity index (χ2n) is 5.75. The van der Waals surface area contributed by atoms with Gasteiger partial charge in [0.25, 0.3) is 0 Å². The van der Waals surface area contributed by atoms with Crippen molar-refractivity contribution in [1.82, 2.24) is 4.90 Å². The van der Waals surface area contributed by atoms with Gasteiger partial charge in [-0.3, -0.25) is 0 Å². The van der Waals surface area contributed by atoms with Gasteiger partial charge in [-0.2, -0.15) is 0 Å². The normalized spacial score (nSPS) is 22.7. The number of rotatable bonds is 6. The maximum atomic E-state index is 6.20. The molecule has 0 radical (unpaired) electrons. The number of hydrogen-bond acceptors (Lipinski definition) is 3. The van der Waals surface area contributed by atoms with Crippen LogP contribution in [0.2, 0.25) is 10.0 Å². The van der Waals surface area contributed by atoms with E-state index in [1.807, 2.05) is 18.2 Å². The zero-order chi connectivity index (χ0) is 15.2. The summed E-state index contributed by atoms with van der Waals surface area (Å²) in [5.74, 6) is 1.67. The number of benzene rings is 1. The van der Waals surface area contributed by atoms with Crippen LogP contribution in [0.4, 0.5) is 0 Å². The fraction of sp³-hybridized carbons (Fsp3) is 0.625. The molecule has 2 N–H and O–H groups in total. The molecule has 118 valence electrons. The minimum atomic E-state index is 0.638. The largest absolute Gasteiger partial charge is 0.330 e. The SMILES string of the molecule is CN(CCSc1cc(Cl)ccc1Cl)C1CCCCC1CN. The summed E-state index contributed by atoms with van der Waals surface area (Å²) in [6, 6.07) is 6.27. The van der Waals surface area contributed by atoms with Gasteiger partial charge in [0.1, 0.15) is 0 Å². The predicted molar refractivity (Wildman–Crippen MR) is 94.6 cm³/mol. The maximum absolute atomic E-state index is 6.20. The number of thioether (sulfide) groups is 1. The lowest BCUT2D eigenvalue weighted by molar-refractivity contribution is 0.140. The van der Waals surface area contributed by atoms with Crippen LogP contribution in [-0.2, 0) is 0 Å². The van der Waals surface area contributed by atoms with E-state index in [9.17, 15) is 0 Å². The first kappa shape index (κ1) is 17.4. The van der Waals surface area contributed by atoms with Gasteiger partial charge in [-0.25, -0.2) is 0 Å². The van der Waals surface area contributed by atoms with Crippen molar-refractivity contribution in [2.45, 2.75) is 36.6 Å². The molecule has 0 aliphatic heterocycles. The van der Waals surface area contributed by atoms with E-state index in [0.29, 0.717) is 12.0 Å². The third-order valence-corrected chi connectivity index (χ3v) is 6.04. The maximum Gasteiger partial charge on any atom is 0.0542 e. The van der Waals surface area contributed by atoms with E-state index in [0.717, 1.165) is 33.8 Å². The Labute approximate surface area is 142 Å². The van der Waals surface area contributed by atoms with Crippen molar-refractivity contribution in [1.29, 1.82) is 0 Å². The van der Waals surface area contributed by atoms with E-state index in [4.69, 9.17) is 28.9 Å². The average Bonchev–Trinajstić information content (AvgIpc) is 2.50. The summed E-state index contributed by atoms with van der Waals surface area (Å²) < 4.78 is 0. The van der Waals surface area contributed by atoms with Crippen LogP contribution < -0.4 is 5.73 Å². The van der Waals surface area contributed by atoms with Crippen LogP contribution in [-0.4, -0.2) is 36.8 Å². The van der Waals surface area contributed by atoms with Crippen LogP contribution in [0.5, 0.6) is 0 Å². The molecule has 0 aromatic heterocycles. The highest BCUT2D eigenvalue weighted by Gasteiger charge is 2.26. The molecule has 2 unspecified atom stereocenters. The Morgan fingerprint density at radius 1 is 1.29 bits per heavy atom. The molecule has 0 amide bonds. The molecule has 1 aliphatic carbocycles. The summed E-state index contributed by atoms with van der Waals surface area (Å²) in [5.41, 5.74) is 5.92. The molecule has 1 aromatic rings. The smallest absolute Gasteiger partial charge is 0.0542 e. The minimum Gasteiger partial charge on any atom is -0.330 e. The Morgan fingerprint density at radius 2 is 2.05 bits per heavy atom. The number of halogens is 2. The van der Waals surface area contributed by atoms with Crippen LogP contribution in [0, 0.1) is 5.92 Å². The Morgan fingerprint density at radius 3 is 2.81 bits per heavy atom.